The Bertz CT molecular complexity index is 238. The van der Waals surface area contributed by atoms with Gasteiger partial charge in [0.2, 0.25) is 0 Å². The number of nitrogens with one attached hydrogen (secondary N) is 1. The molecule has 3 N–H and O–H groups in total. The smallest absolute Gasteiger partial charge is 0.188 e. The lowest BCUT2D eigenvalue weighted by Gasteiger charge is -2.24. The van der Waals surface area contributed by atoms with Crippen LogP contribution in [-0.2, 0) is 0 Å². The van der Waals surface area contributed by atoms with Crippen LogP contribution in [0.25, 0.3) is 0 Å². The van der Waals surface area contributed by atoms with Crippen molar-refractivity contribution in [2.45, 2.75) is 56.7 Å². The molecule has 1 aliphatic carbocycles. The van der Waals surface area contributed by atoms with Gasteiger partial charge in [-0.15, -0.1) is 24.0 Å². The second-order valence-electron chi connectivity index (χ2n) is 5.14. The molecular weight excluding hydrogens is 345 g/mol. The average Bonchev–Trinajstić information content (AvgIpc) is 2.28. The fraction of sp³-hybridized carbons (Fsp3) is 0.917. The second kappa shape index (κ2) is 8.45. The Kier molecular flexibility index (Phi) is 8.63. The van der Waals surface area contributed by atoms with Crippen molar-refractivity contribution in [3.63, 3.8) is 0 Å². The van der Waals surface area contributed by atoms with Gasteiger partial charge in [-0.05, 0) is 32.9 Å². The molecule has 0 spiro atoms. The minimum atomic E-state index is 0. The number of aliphatic imine (C=N–C) groups is 1. The van der Waals surface area contributed by atoms with Crippen LogP contribution in [0.3, 0.4) is 0 Å². The van der Waals surface area contributed by atoms with Crippen LogP contribution in [-0.4, -0.2) is 29.5 Å². The summed E-state index contributed by atoms with van der Waals surface area (Å²) < 4.78 is 0.179. The molecule has 102 valence electrons. The van der Waals surface area contributed by atoms with Crippen molar-refractivity contribution in [1.82, 2.24) is 5.32 Å². The largest absolute Gasteiger partial charge is 0.370 e. The van der Waals surface area contributed by atoms with Gasteiger partial charge in [0, 0.05) is 10.8 Å². The number of guanidine groups is 1. The lowest BCUT2D eigenvalue weighted by molar-refractivity contribution is 0.412. The monoisotopic (exact) mass is 371 g/mol. The van der Waals surface area contributed by atoms with Crippen LogP contribution in [0.1, 0.15) is 46.0 Å². The highest BCUT2D eigenvalue weighted by molar-refractivity contribution is 14.0. The Morgan fingerprint density at radius 1 is 1.35 bits per heavy atom. The van der Waals surface area contributed by atoms with Crippen LogP contribution in [0.15, 0.2) is 4.99 Å². The Morgan fingerprint density at radius 3 is 2.47 bits per heavy atom. The van der Waals surface area contributed by atoms with Crippen molar-refractivity contribution >= 4 is 41.7 Å². The molecule has 1 saturated carbocycles. The zero-order valence-corrected chi connectivity index (χ0v) is 14.3. The van der Waals surface area contributed by atoms with E-state index in [9.17, 15) is 0 Å². The summed E-state index contributed by atoms with van der Waals surface area (Å²) >= 11 is 1.82. The summed E-state index contributed by atoms with van der Waals surface area (Å²) in [5, 5.41) is 3.33. The number of nitrogens with zero attached hydrogens (tertiary/aromatic N) is 1. The quantitative estimate of drug-likeness (QED) is 0.454. The Morgan fingerprint density at radius 2 is 1.94 bits per heavy atom. The van der Waals surface area contributed by atoms with E-state index in [0.29, 0.717) is 12.0 Å². The molecule has 3 nitrogen and oxygen atoms in total. The maximum absolute atomic E-state index is 5.90. The van der Waals surface area contributed by atoms with Gasteiger partial charge in [0.15, 0.2) is 5.96 Å². The van der Waals surface area contributed by atoms with Gasteiger partial charge >= 0.3 is 0 Å². The molecular formula is C12H26IN3S. The molecule has 0 saturated heterocycles. The fourth-order valence-electron chi connectivity index (χ4n) is 1.84. The molecule has 17 heavy (non-hydrogen) atoms. The molecule has 1 fully saturated rings. The Labute approximate surface area is 127 Å². The summed E-state index contributed by atoms with van der Waals surface area (Å²) in [6, 6.07) is 0.551. The van der Waals surface area contributed by atoms with Crippen LogP contribution >= 0.6 is 35.7 Å². The Hall–Kier alpha value is 0.350. The summed E-state index contributed by atoms with van der Waals surface area (Å²) in [5.74, 6) is 0.619. The summed E-state index contributed by atoms with van der Waals surface area (Å²) in [6.45, 7) is 5.16. The first kappa shape index (κ1) is 17.4. The predicted molar refractivity (Wildman–Crippen MR) is 89.5 cm³/mol. The van der Waals surface area contributed by atoms with Gasteiger partial charge in [-0.2, -0.15) is 11.8 Å². The lowest BCUT2D eigenvalue weighted by atomic mass is 9.96. The number of thioether (sulfide) groups is 1. The molecule has 0 amide bonds. The van der Waals surface area contributed by atoms with E-state index in [1.165, 1.54) is 32.1 Å². The van der Waals surface area contributed by atoms with Crippen molar-refractivity contribution in [3.05, 3.63) is 0 Å². The summed E-state index contributed by atoms with van der Waals surface area (Å²) in [7, 11) is 0. The van der Waals surface area contributed by atoms with E-state index in [1.54, 1.807) is 0 Å². The standard InChI is InChI=1S/C12H25N3S.HI/c1-12(2,16-3)9-14-11(13)15-10-7-5-4-6-8-10;/h10H,4-9H2,1-3H3,(H3,13,14,15);1H. The molecule has 0 aromatic heterocycles. The maximum atomic E-state index is 5.90. The van der Waals surface area contributed by atoms with Crippen LogP contribution < -0.4 is 11.1 Å². The third kappa shape index (κ3) is 7.39. The third-order valence-corrected chi connectivity index (χ3v) is 4.37. The van der Waals surface area contributed by atoms with Crippen molar-refractivity contribution in [1.29, 1.82) is 0 Å². The molecule has 5 heteroatoms. The third-order valence-electron chi connectivity index (χ3n) is 3.14. The highest BCUT2D eigenvalue weighted by Crippen LogP contribution is 2.21. The lowest BCUT2D eigenvalue weighted by Crippen LogP contribution is -2.41. The molecule has 1 rings (SSSR count). The van der Waals surface area contributed by atoms with E-state index in [-0.39, 0.29) is 28.7 Å². The molecule has 0 heterocycles. The van der Waals surface area contributed by atoms with Crippen molar-refractivity contribution in [2.75, 3.05) is 12.8 Å². The van der Waals surface area contributed by atoms with Crippen LogP contribution in [0, 0.1) is 0 Å². The Balaban J connectivity index is 0.00000256. The van der Waals surface area contributed by atoms with Crippen LogP contribution in [0.4, 0.5) is 0 Å². The molecule has 0 atom stereocenters. The molecule has 0 bridgehead atoms. The van der Waals surface area contributed by atoms with Gasteiger partial charge in [-0.25, -0.2) is 0 Å². The normalized spacial score (nSPS) is 18.6. The van der Waals surface area contributed by atoms with Gasteiger partial charge < -0.3 is 11.1 Å². The van der Waals surface area contributed by atoms with Crippen molar-refractivity contribution in [2.24, 2.45) is 10.7 Å². The molecule has 0 radical (unpaired) electrons. The van der Waals surface area contributed by atoms with Crippen LogP contribution in [0.2, 0.25) is 0 Å². The summed E-state index contributed by atoms with van der Waals surface area (Å²) in [5.41, 5.74) is 5.90. The first-order valence-electron chi connectivity index (χ1n) is 6.15. The highest BCUT2D eigenvalue weighted by Gasteiger charge is 2.16. The van der Waals surface area contributed by atoms with Crippen molar-refractivity contribution < 1.29 is 0 Å². The van der Waals surface area contributed by atoms with E-state index in [2.05, 4.69) is 30.4 Å². The van der Waals surface area contributed by atoms with E-state index in [0.717, 1.165) is 6.54 Å². The minimum absolute atomic E-state index is 0. The molecule has 1 aliphatic rings. The SMILES string of the molecule is CSC(C)(C)CN=C(N)NC1CCCCC1.I. The molecule has 0 aromatic rings. The van der Waals surface area contributed by atoms with E-state index >= 15 is 0 Å². The molecule has 0 aromatic carbocycles. The first-order valence-corrected chi connectivity index (χ1v) is 7.37. The van der Waals surface area contributed by atoms with E-state index in [4.69, 9.17) is 5.73 Å². The van der Waals surface area contributed by atoms with Gasteiger partial charge in [-0.3, -0.25) is 4.99 Å². The van der Waals surface area contributed by atoms with Crippen molar-refractivity contribution in [3.8, 4) is 0 Å². The van der Waals surface area contributed by atoms with Gasteiger partial charge in [0.1, 0.15) is 0 Å². The second-order valence-corrected chi connectivity index (χ2v) is 6.66. The maximum Gasteiger partial charge on any atom is 0.188 e. The number of rotatable bonds is 4. The van der Waals surface area contributed by atoms with Gasteiger partial charge in [0.25, 0.3) is 0 Å². The zero-order chi connectivity index (χ0) is 12.0. The number of halogens is 1. The minimum Gasteiger partial charge on any atom is -0.370 e. The highest BCUT2D eigenvalue weighted by atomic mass is 127. The van der Waals surface area contributed by atoms with E-state index < -0.39 is 0 Å². The topological polar surface area (TPSA) is 50.4 Å². The van der Waals surface area contributed by atoms with Gasteiger partial charge in [-0.1, -0.05) is 19.3 Å². The zero-order valence-electron chi connectivity index (χ0n) is 11.2. The molecule has 0 aliphatic heterocycles. The molecule has 0 unspecified atom stereocenters. The number of nitrogens with two attached hydrogens (primary N) is 1. The summed E-state index contributed by atoms with van der Waals surface area (Å²) in [6.07, 6.45) is 8.60. The van der Waals surface area contributed by atoms with Crippen LogP contribution in [0.5, 0.6) is 0 Å². The van der Waals surface area contributed by atoms with Gasteiger partial charge in [0.05, 0.1) is 6.54 Å². The van der Waals surface area contributed by atoms with E-state index in [1.807, 2.05) is 11.8 Å². The first-order chi connectivity index (χ1) is 7.53. The number of hydrogen-bond acceptors (Lipinski definition) is 2. The predicted octanol–water partition coefficient (Wildman–Crippen LogP) is 2.98. The summed E-state index contributed by atoms with van der Waals surface area (Å²) in [4.78, 5) is 4.42. The average molecular weight is 371 g/mol. The number of hydrogen-bond donors (Lipinski definition) is 2. The fourth-order valence-corrected chi connectivity index (χ4v) is 2.04.